The van der Waals surface area contributed by atoms with Gasteiger partial charge in [-0.15, -0.1) is 0 Å². The second-order valence-electron chi connectivity index (χ2n) is 4.75. The van der Waals surface area contributed by atoms with Crippen LogP contribution in [0.5, 0.6) is 0 Å². The van der Waals surface area contributed by atoms with Crippen molar-refractivity contribution in [3.63, 3.8) is 0 Å². The van der Waals surface area contributed by atoms with Gasteiger partial charge in [-0.3, -0.25) is 10.4 Å². The van der Waals surface area contributed by atoms with Crippen molar-refractivity contribution in [1.29, 1.82) is 0 Å². The fourth-order valence-electron chi connectivity index (χ4n) is 2.13. The SMILES string of the molecule is Cc1cc(N/N=C/c2ccc(Cl)cc2)c2ccccc2n1. The maximum absolute atomic E-state index is 5.86. The summed E-state index contributed by atoms with van der Waals surface area (Å²) < 4.78 is 0. The Kier molecular flexibility index (Phi) is 3.84. The second kappa shape index (κ2) is 5.94. The molecule has 2 aromatic carbocycles. The van der Waals surface area contributed by atoms with Crippen LogP contribution in [0.25, 0.3) is 10.9 Å². The number of rotatable bonds is 3. The van der Waals surface area contributed by atoms with Crippen LogP contribution in [0.4, 0.5) is 5.69 Å². The summed E-state index contributed by atoms with van der Waals surface area (Å²) in [6, 6.07) is 17.5. The van der Waals surface area contributed by atoms with Crippen LogP contribution >= 0.6 is 11.6 Å². The molecule has 0 bridgehead atoms. The minimum atomic E-state index is 0.718. The van der Waals surface area contributed by atoms with Crippen LogP contribution in [-0.2, 0) is 0 Å². The van der Waals surface area contributed by atoms with E-state index in [1.807, 2.05) is 61.5 Å². The number of pyridine rings is 1. The van der Waals surface area contributed by atoms with Gasteiger partial charge >= 0.3 is 0 Å². The molecule has 1 N–H and O–H groups in total. The molecular formula is C17H14ClN3. The molecule has 4 heteroatoms. The number of fused-ring (bicyclic) bond motifs is 1. The number of nitrogens with one attached hydrogen (secondary N) is 1. The number of para-hydroxylation sites is 1. The molecule has 0 saturated heterocycles. The van der Waals surface area contributed by atoms with Gasteiger partial charge in [0, 0.05) is 16.1 Å². The van der Waals surface area contributed by atoms with E-state index in [0.29, 0.717) is 0 Å². The zero-order chi connectivity index (χ0) is 14.7. The van der Waals surface area contributed by atoms with E-state index in [4.69, 9.17) is 11.6 Å². The molecule has 0 fully saturated rings. The highest BCUT2D eigenvalue weighted by Gasteiger charge is 2.02. The van der Waals surface area contributed by atoms with Gasteiger partial charge in [-0.25, -0.2) is 0 Å². The molecule has 3 rings (SSSR count). The average Bonchev–Trinajstić information content (AvgIpc) is 2.49. The molecule has 1 heterocycles. The lowest BCUT2D eigenvalue weighted by atomic mass is 10.1. The zero-order valence-electron chi connectivity index (χ0n) is 11.5. The van der Waals surface area contributed by atoms with Crippen molar-refractivity contribution in [2.75, 3.05) is 5.43 Å². The van der Waals surface area contributed by atoms with E-state index in [9.17, 15) is 0 Å². The predicted octanol–water partition coefficient (Wildman–Crippen LogP) is 4.64. The number of anilines is 1. The van der Waals surface area contributed by atoms with Crippen LogP contribution in [0.1, 0.15) is 11.3 Å². The molecule has 0 unspecified atom stereocenters. The largest absolute Gasteiger partial charge is 0.278 e. The van der Waals surface area contributed by atoms with E-state index in [-0.39, 0.29) is 0 Å². The maximum Gasteiger partial charge on any atom is 0.0726 e. The Morgan fingerprint density at radius 1 is 1.10 bits per heavy atom. The third-order valence-corrected chi connectivity index (χ3v) is 3.36. The molecule has 21 heavy (non-hydrogen) atoms. The molecule has 0 aliphatic heterocycles. The van der Waals surface area contributed by atoms with Crippen molar-refractivity contribution in [2.45, 2.75) is 6.92 Å². The van der Waals surface area contributed by atoms with E-state index >= 15 is 0 Å². The first-order valence-corrected chi connectivity index (χ1v) is 7.01. The van der Waals surface area contributed by atoms with Crippen LogP contribution in [0.15, 0.2) is 59.7 Å². The van der Waals surface area contributed by atoms with Crippen LogP contribution in [-0.4, -0.2) is 11.2 Å². The van der Waals surface area contributed by atoms with Crippen LogP contribution in [0.2, 0.25) is 5.02 Å². The standard InChI is InChI=1S/C17H14ClN3/c1-12-10-17(15-4-2-3-5-16(15)20-12)21-19-11-13-6-8-14(18)9-7-13/h2-11H,1H3,(H,20,21)/b19-11+. The van der Waals surface area contributed by atoms with E-state index in [1.54, 1.807) is 6.21 Å². The predicted molar refractivity (Wildman–Crippen MR) is 89.1 cm³/mol. The summed E-state index contributed by atoms with van der Waals surface area (Å²) in [5.41, 5.74) is 6.94. The zero-order valence-corrected chi connectivity index (χ0v) is 12.3. The Bertz CT molecular complexity index is 795. The Hall–Kier alpha value is -2.39. The van der Waals surface area contributed by atoms with Crippen molar-refractivity contribution >= 4 is 34.4 Å². The number of nitrogens with zero attached hydrogens (tertiary/aromatic N) is 2. The molecule has 0 spiro atoms. The van der Waals surface area contributed by atoms with Crippen molar-refractivity contribution in [1.82, 2.24) is 4.98 Å². The number of benzene rings is 2. The molecule has 0 aliphatic carbocycles. The molecule has 0 atom stereocenters. The lowest BCUT2D eigenvalue weighted by Gasteiger charge is -2.06. The third kappa shape index (κ3) is 3.20. The fourth-order valence-corrected chi connectivity index (χ4v) is 2.25. The molecule has 0 amide bonds. The Balaban J connectivity index is 1.86. The number of aromatic nitrogens is 1. The molecule has 0 aliphatic rings. The summed E-state index contributed by atoms with van der Waals surface area (Å²) >= 11 is 5.86. The lowest BCUT2D eigenvalue weighted by Crippen LogP contribution is -1.94. The van der Waals surface area contributed by atoms with E-state index in [1.165, 1.54) is 0 Å². The topological polar surface area (TPSA) is 37.3 Å². The number of aryl methyl sites for hydroxylation is 1. The van der Waals surface area contributed by atoms with Crippen molar-refractivity contribution < 1.29 is 0 Å². The normalized spacial score (nSPS) is 11.1. The van der Waals surface area contributed by atoms with Crippen LogP contribution in [0.3, 0.4) is 0 Å². The Morgan fingerprint density at radius 2 is 1.86 bits per heavy atom. The van der Waals surface area contributed by atoms with Crippen molar-refractivity contribution in [3.8, 4) is 0 Å². The summed E-state index contributed by atoms with van der Waals surface area (Å²) in [5.74, 6) is 0. The number of hydrogen-bond acceptors (Lipinski definition) is 3. The first-order chi connectivity index (χ1) is 10.2. The van der Waals surface area contributed by atoms with Gasteiger partial charge in [-0.05, 0) is 36.8 Å². The molecule has 0 saturated carbocycles. The number of hydrogen-bond donors (Lipinski definition) is 1. The highest BCUT2D eigenvalue weighted by atomic mass is 35.5. The Morgan fingerprint density at radius 3 is 2.67 bits per heavy atom. The summed E-state index contributed by atoms with van der Waals surface area (Å²) in [6.07, 6.45) is 1.76. The molecule has 104 valence electrons. The molecular weight excluding hydrogens is 282 g/mol. The minimum absolute atomic E-state index is 0.718. The van der Waals surface area contributed by atoms with Gasteiger partial charge in [0.05, 0.1) is 17.4 Å². The quantitative estimate of drug-likeness (QED) is 0.564. The minimum Gasteiger partial charge on any atom is -0.278 e. The molecule has 0 radical (unpaired) electrons. The highest BCUT2D eigenvalue weighted by molar-refractivity contribution is 6.30. The second-order valence-corrected chi connectivity index (χ2v) is 5.19. The van der Waals surface area contributed by atoms with Crippen LogP contribution in [0, 0.1) is 6.92 Å². The first kappa shape index (κ1) is 13.6. The van der Waals surface area contributed by atoms with Crippen molar-refractivity contribution in [3.05, 3.63) is 70.9 Å². The van der Waals surface area contributed by atoms with E-state index in [0.717, 1.165) is 32.9 Å². The summed E-state index contributed by atoms with van der Waals surface area (Å²) in [5, 5.41) is 6.06. The van der Waals surface area contributed by atoms with Gasteiger partial charge in [-0.1, -0.05) is 41.9 Å². The van der Waals surface area contributed by atoms with Crippen molar-refractivity contribution in [2.24, 2.45) is 5.10 Å². The molecule has 3 aromatic rings. The number of hydrazone groups is 1. The summed E-state index contributed by atoms with van der Waals surface area (Å²) in [7, 11) is 0. The highest BCUT2D eigenvalue weighted by Crippen LogP contribution is 2.22. The molecule has 3 nitrogen and oxygen atoms in total. The molecule has 1 aromatic heterocycles. The van der Waals surface area contributed by atoms with Gasteiger partial charge in [0.25, 0.3) is 0 Å². The Labute approximate surface area is 128 Å². The smallest absolute Gasteiger partial charge is 0.0726 e. The van der Waals surface area contributed by atoms with E-state index in [2.05, 4.69) is 15.5 Å². The average molecular weight is 296 g/mol. The van der Waals surface area contributed by atoms with Gasteiger partial charge in [-0.2, -0.15) is 5.10 Å². The van der Waals surface area contributed by atoms with Gasteiger partial charge in [0.15, 0.2) is 0 Å². The van der Waals surface area contributed by atoms with Crippen LogP contribution < -0.4 is 5.43 Å². The lowest BCUT2D eigenvalue weighted by molar-refractivity contribution is 1.24. The third-order valence-electron chi connectivity index (χ3n) is 3.11. The van der Waals surface area contributed by atoms with Gasteiger partial charge in [0.1, 0.15) is 0 Å². The fraction of sp³-hybridized carbons (Fsp3) is 0.0588. The van der Waals surface area contributed by atoms with E-state index < -0.39 is 0 Å². The number of halogens is 1. The van der Waals surface area contributed by atoms with Gasteiger partial charge in [0.2, 0.25) is 0 Å². The van der Waals surface area contributed by atoms with Gasteiger partial charge < -0.3 is 0 Å². The monoisotopic (exact) mass is 295 g/mol. The maximum atomic E-state index is 5.86. The first-order valence-electron chi connectivity index (χ1n) is 6.63. The summed E-state index contributed by atoms with van der Waals surface area (Å²) in [4.78, 5) is 4.51. The summed E-state index contributed by atoms with van der Waals surface area (Å²) in [6.45, 7) is 1.97.